The Balaban J connectivity index is 1.49. The summed E-state index contributed by atoms with van der Waals surface area (Å²) < 4.78 is 19.9. The van der Waals surface area contributed by atoms with Gasteiger partial charge < -0.3 is 4.74 Å². The number of halogens is 2. The van der Waals surface area contributed by atoms with Gasteiger partial charge in [-0.15, -0.1) is 11.3 Å². The monoisotopic (exact) mass is 448 g/mol. The molecule has 0 spiro atoms. The average molecular weight is 449 g/mol. The van der Waals surface area contributed by atoms with Crippen LogP contribution in [-0.2, 0) is 11.2 Å². The van der Waals surface area contributed by atoms with E-state index in [0.717, 1.165) is 36.6 Å². The smallest absolute Gasteiger partial charge is 0.261 e. The Kier molecular flexibility index (Phi) is 6.50. The molecule has 1 atom stereocenters. The van der Waals surface area contributed by atoms with Gasteiger partial charge in [0.25, 0.3) is 5.91 Å². The number of benzene rings is 2. The van der Waals surface area contributed by atoms with E-state index >= 15 is 0 Å². The van der Waals surface area contributed by atoms with E-state index in [1.807, 2.05) is 17.5 Å². The number of hydrogen-bond acceptors (Lipinski definition) is 5. The van der Waals surface area contributed by atoms with E-state index in [1.54, 1.807) is 24.3 Å². The second-order valence-corrected chi connectivity index (χ2v) is 9.11. The molecular weight excluding hydrogens is 431 g/mol. The van der Waals surface area contributed by atoms with Crippen molar-refractivity contribution in [2.75, 3.05) is 18.5 Å². The van der Waals surface area contributed by atoms with Crippen molar-refractivity contribution in [3.05, 3.63) is 69.9 Å². The quantitative estimate of drug-likeness (QED) is 0.508. The summed E-state index contributed by atoms with van der Waals surface area (Å²) in [5.74, 6) is -0.611. The standard InChI is InChI=1S/C21H18ClFN2O2S2/c22-14-4-6-16(7-5-14)29-18-3-1-2-17(23)19(18)20(26)25-21-24-15(12-28-21)10-13-8-9-27-11-13/h1-7,12-13H,8-11H2,(H,24,25,26). The SMILES string of the molecule is O=C(Nc1nc(CC2CCOC2)cs1)c1c(F)cccc1Sc1ccc(Cl)cc1. The molecule has 29 heavy (non-hydrogen) atoms. The highest BCUT2D eigenvalue weighted by Crippen LogP contribution is 2.33. The number of aromatic nitrogens is 1. The van der Waals surface area contributed by atoms with Crippen molar-refractivity contribution in [3.8, 4) is 0 Å². The maximum Gasteiger partial charge on any atom is 0.261 e. The summed E-state index contributed by atoms with van der Waals surface area (Å²) in [7, 11) is 0. The van der Waals surface area contributed by atoms with Gasteiger partial charge in [0.2, 0.25) is 0 Å². The molecule has 0 aliphatic carbocycles. The minimum Gasteiger partial charge on any atom is -0.381 e. The number of thiazole rings is 1. The Bertz CT molecular complexity index is 1000. The largest absolute Gasteiger partial charge is 0.381 e. The van der Waals surface area contributed by atoms with Crippen molar-refractivity contribution in [1.29, 1.82) is 0 Å². The minimum atomic E-state index is -0.568. The first-order valence-electron chi connectivity index (χ1n) is 9.14. The fourth-order valence-corrected chi connectivity index (χ4v) is 4.91. The number of hydrogen-bond donors (Lipinski definition) is 1. The second-order valence-electron chi connectivity index (χ2n) is 6.70. The lowest BCUT2D eigenvalue weighted by molar-refractivity contribution is 0.102. The molecule has 3 aromatic rings. The van der Waals surface area contributed by atoms with Crippen LogP contribution in [0.25, 0.3) is 0 Å². The van der Waals surface area contributed by atoms with E-state index in [-0.39, 0.29) is 5.56 Å². The van der Waals surface area contributed by atoms with Crippen LogP contribution in [0.4, 0.5) is 9.52 Å². The van der Waals surface area contributed by atoms with Crippen molar-refractivity contribution in [2.24, 2.45) is 5.92 Å². The van der Waals surface area contributed by atoms with Crippen LogP contribution in [0.3, 0.4) is 0 Å². The van der Waals surface area contributed by atoms with Gasteiger partial charge in [-0.3, -0.25) is 10.1 Å². The highest BCUT2D eigenvalue weighted by atomic mass is 35.5. The molecule has 0 bridgehead atoms. The number of amides is 1. The fourth-order valence-electron chi connectivity index (χ4n) is 3.10. The predicted octanol–water partition coefficient (Wildman–Crippen LogP) is 5.92. The topological polar surface area (TPSA) is 51.2 Å². The van der Waals surface area contributed by atoms with Crippen molar-refractivity contribution >= 4 is 45.7 Å². The van der Waals surface area contributed by atoms with Gasteiger partial charge in [-0.05, 0) is 55.2 Å². The van der Waals surface area contributed by atoms with Gasteiger partial charge in [0.05, 0.1) is 11.3 Å². The number of ether oxygens (including phenoxy) is 1. The molecular formula is C21H18ClFN2O2S2. The number of anilines is 1. The molecule has 4 nitrogen and oxygen atoms in total. The molecule has 1 aliphatic heterocycles. The third kappa shape index (κ3) is 5.17. The molecule has 8 heteroatoms. The molecule has 150 valence electrons. The Morgan fingerprint density at radius 2 is 2.14 bits per heavy atom. The van der Waals surface area contributed by atoms with E-state index in [2.05, 4.69) is 10.3 Å². The van der Waals surface area contributed by atoms with Crippen molar-refractivity contribution < 1.29 is 13.9 Å². The first kappa shape index (κ1) is 20.3. The van der Waals surface area contributed by atoms with Crippen LogP contribution >= 0.6 is 34.7 Å². The van der Waals surface area contributed by atoms with Crippen LogP contribution < -0.4 is 5.32 Å². The highest BCUT2D eigenvalue weighted by Gasteiger charge is 2.20. The molecule has 1 fully saturated rings. The molecule has 0 saturated carbocycles. The lowest BCUT2D eigenvalue weighted by atomic mass is 10.0. The summed E-state index contributed by atoms with van der Waals surface area (Å²) >= 11 is 8.58. The van der Waals surface area contributed by atoms with Gasteiger partial charge in [0.15, 0.2) is 5.13 Å². The lowest BCUT2D eigenvalue weighted by Gasteiger charge is -2.10. The van der Waals surface area contributed by atoms with Crippen molar-refractivity contribution in [2.45, 2.75) is 22.6 Å². The van der Waals surface area contributed by atoms with Gasteiger partial charge >= 0.3 is 0 Å². The van der Waals surface area contributed by atoms with E-state index < -0.39 is 11.7 Å². The van der Waals surface area contributed by atoms with E-state index in [4.69, 9.17) is 16.3 Å². The second kappa shape index (κ2) is 9.26. The van der Waals surface area contributed by atoms with E-state index in [9.17, 15) is 9.18 Å². The Hall–Kier alpha value is -1.93. The summed E-state index contributed by atoms with van der Waals surface area (Å²) in [4.78, 5) is 18.7. The molecule has 1 amide bonds. The fraction of sp³-hybridized carbons (Fsp3) is 0.238. The molecule has 1 N–H and O–H groups in total. The van der Waals surface area contributed by atoms with Crippen LogP contribution in [-0.4, -0.2) is 24.1 Å². The van der Waals surface area contributed by atoms with Crippen LogP contribution in [0.15, 0.2) is 57.6 Å². The van der Waals surface area contributed by atoms with Crippen molar-refractivity contribution in [1.82, 2.24) is 4.98 Å². The van der Waals surface area contributed by atoms with Crippen LogP contribution in [0.1, 0.15) is 22.5 Å². The van der Waals surface area contributed by atoms with Gasteiger partial charge in [0.1, 0.15) is 5.82 Å². The Morgan fingerprint density at radius 1 is 1.31 bits per heavy atom. The molecule has 1 unspecified atom stereocenters. The number of carbonyl (C=O) groups excluding carboxylic acids is 1. The van der Waals surface area contributed by atoms with Crippen LogP contribution in [0.5, 0.6) is 0 Å². The van der Waals surface area contributed by atoms with Gasteiger partial charge in [-0.1, -0.05) is 29.4 Å². The Labute approximate surface area is 181 Å². The first-order chi connectivity index (χ1) is 14.1. The Morgan fingerprint density at radius 3 is 2.90 bits per heavy atom. The lowest BCUT2D eigenvalue weighted by Crippen LogP contribution is -2.15. The summed E-state index contributed by atoms with van der Waals surface area (Å²) in [6.45, 7) is 1.54. The summed E-state index contributed by atoms with van der Waals surface area (Å²) in [5.41, 5.74) is 0.929. The molecule has 1 aromatic heterocycles. The van der Waals surface area contributed by atoms with E-state index in [1.165, 1.54) is 29.2 Å². The van der Waals surface area contributed by atoms with Gasteiger partial charge in [-0.2, -0.15) is 0 Å². The summed E-state index contributed by atoms with van der Waals surface area (Å²) in [6, 6.07) is 11.8. The minimum absolute atomic E-state index is 0.00777. The third-order valence-electron chi connectivity index (χ3n) is 4.54. The number of rotatable bonds is 6. The third-order valence-corrected chi connectivity index (χ3v) is 6.66. The molecule has 2 aromatic carbocycles. The summed E-state index contributed by atoms with van der Waals surface area (Å²) in [6.07, 6.45) is 1.85. The predicted molar refractivity (Wildman–Crippen MR) is 115 cm³/mol. The maximum absolute atomic E-state index is 14.5. The molecule has 4 rings (SSSR count). The molecule has 0 radical (unpaired) electrons. The zero-order valence-electron chi connectivity index (χ0n) is 15.4. The molecule has 2 heterocycles. The number of nitrogens with zero attached hydrogens (tertiary/aromatic N) is 1. The molecule has 1 aliphatic rings. The number of carbonyl (C=O) groups is 1. The first-order valence-corrected chi connectivity index (χ1v) is 11.2. The normalized spacial score (nSPS) is 16.1. The average Bonchev–Trinajstić information content (AvgIpc) is 3.36. The van der Waals surface area contributed by atoms with Crippen LogP contribution in [0.2, 0.25) is 5.02 Å². The zero-order chi connectivity index (χ0) is 20.2. The van der Waals surface area contributed by atoms with E-state index in [0.29, 0.717) is 21.0 Å². The van der Waals surface area contributed by atoms with Gasteiger partial charge in [-0.25, -0.2) is 9.37 Å². The number of nitrogens with one attached hydrogen (secondary N) is 1. The highest BCUT2D eigenvalue weighted by molar-refractivity contribution is 7.99. The summed E-state index contributed by atoms with van der Waals surface area (Å²) in [5, 5.41) is 5.76. The molecule has 1 saturated heterocycles. The van der Waals surface area contributed by atoms with Gasteiger partial charge in [0, 0.05) is 33.4 Å². The maximum atomic E-state index is 14.5. The zero-order valence-corrected chi connectivity index (χ0v) is 17.7. The van der Waals surface area contributed by atoms with Crippen LogP contribution in [0, 0.1) is 11.7 Å². The van der Waals surface area contributed by atoms with Crippen molar-refractivity contribution in [3.63, 3.8) is 0 Å².